The Hall–Kier alpha value is -4.85. The lowest BCUT2D eigenvalue weighted by Crippen LogP contribution is -2.60. The minimum absolute atomic E-state index is 0.0000960. The van der Waals surface area contributed by atoms with Crippen molar-refractivity contribution in [3.05, 3.63) is 47.5 Å². The average Bonchev–Trinajstić information content (AvgIpc) is 3.06. The zero-order chi connectivity index (χ0) is 37.3. The molecule has 0 aromatic heterocycles. The number of hydrogen-bond acceptors (Lipinski definition) is 13. The van der Waals surface area contributed by atoms with Crippen LogP contribution < -0.4 is 37.6 Å². The van der Waals surface area contributed by atoms with Gasteiger partial charge in [0, 0.05) is 24.7 Å². The van der Waals surface area contributed by atoms with Crippen molar-refractivity contribution >= 4 is 29.5 Å². The second-order valence-corrected chi connectivity index (χ2v) is 12.3. The predicted molar refractivity (Wildman–Crippen MR) is 179 cm³/mol. The predicted octanol–water partition coefficient (Wildman–Crippen LogP) is -3.80. The third kappa shape index (κ3) is 10.3. The minimum Gasteiger partial charge on any atom is -0.507 e. The molecule has 3 rings (SSSR count). The molecule has 274 valence electrons. The summed E-state index contributed by atoms with van der Waals surface area (Å²) in [4.78, 5) is 66.0. The summed E-state index contributed by atoms with van der Waals surface area (Å²) < 4.78 is 0. The number of β-amino-alcohol motifs (C(OH)–C–C–N with tert-alkyl or cyclic N) is 1. The van der Waals surface area contributed by atoms with E-state index in [1.54, 1.807) is 6.07 Å². The van der Waals surface area contributed by atoms with Crippen LogP contribution in [0.2, 0.25) is 0 Å². The number of nitrogens with two attached hydrogens (primary N) is 1. The molecule has 4 bridgehead atoms. The smallest absolute Gasteiger partial charge is 0.257 e. The van der Waals surface area contributed by atoms with Gasteiger partial charge in [0.15, 0.2) is 6.17 Å². The third-order valence-electron chi connectivity index (χ3n) is 7.98. The Kier molecular flexibility index (Phi) is 13.6. The molecule has 0 saturated carbocycles. The molecule has 18 nitrogen and oxygen atoms in total. The summed E-state index contributed by atoms with van der Waals surface area (Å²) in [6.07, 6.45) is -2.42. The van der Waals surface area contributed by atoms with Crippen molar-refractivity contribution in [1.82, 2.24) is 36.8 Å². The van der Waals surface area contributed by atoms with E-state index in [0.29, 0.717) is 5.56 Å². The summed E-state index contributed by atoms with van der Waals surface area (Å²) in [6.45, 7) is 1.09. The van der Waals surface area contributed by atoms with Gasteiger partial charge >= 0.3 is 0 Å². The van der Waals surface area contributed by atoms with Gasteiger partial charge in [-0.05, 0) is 62.7 Å². The van der Waals surface area contributed by atoms with Crippen LogP contribution in [0, 0.1) is 0 Å². The fraction of sp³-hybridized carbons (Fsp3) is 0.469. The van der Waals surface area contributed by atoms with Crippen LogP contribution in [-0.4, -0.2) is 130 Å². The molecule has 0 radical (unpaired) electrons. The van der Waals surface area contributed by atoms with Crippen LogP contribution in [0.15, 0.2) is 36.4 Å². The summed E-state index contributed by atoms with van der Waals surface area (Å²) in [5.41, 5.74) is 4.82. The molecular weight excluding hydrogens is 656 g/mol. The van der Waals surface area contributed by atoms with Crippen molar-refractivity contribution < 1.29 is 49.5 Å². The van der Waals surface area contributed by atoms with Crippen LogP contribution in [0.25, 0.3) is 11.1 Å². The van der Waals surface area contributed by atoms with E-state index in [4.69, 9.17) is 5.73 Å². The number of amides is 5. The lowest BCUT2D eigenvalue weighted by atomic mass is 9.93. The van der Waals surface area contributed by atoms with Crippen molar-refractivity contribution in [3.8, 4) is 22.6 Å². The van der Waals surface area contributed by atoms with Crippen molar-refractivity contribution in [2.75, 3.05) is 40.3 Å². The Balaban J connectivity index is 1.96. The second-order valence-electron chi connectivity index (χ2n) is 12.3. The van der Waals surface area contributed by atoms with Crippen molar-refractivity contribution in [1.29, 1.82) is 0 Å². The van der Waals surface area contributed by atoms with Crippen LogP contribution in [0.1, 0.15) is 31.0 Å². The van der Waals surface area contributed by atoms with E-state index in [9.17, 15) is 49.5 Å². The Morgan fingerprint density at radius 1 is 1.06 bits per heavy atom. The number of carbonyl (C=O) groups excluding carboxylic acids is 5. The Labute approximate surface area is 288 Å². The monoisotopic (exact) mass is 702 g/mol. The molecule has 0 fully saturated rings. The molecule has 18 heteroatoms. The van der Waals surface area contributed by atoms with Crippen LogP contribution in [0.4, 0.5) is 0 Å². The number of fused-ring (bicyclic) bond motifs is 5. The van der Waals surface area contributed by atoms with E-state index in [2.05, 4.69) is 31.9 Å². The average molecular weight is 703 g/mol. The molecule has 0 saturated heterocycles. The number of nitrogens with one attached hydrogen (secondary N) is 6. The number of aromatic hydroxyl groups is 2. The summed E-state index contributed by atoms with van der Waals surface area (Å²) in [6, 6.07) is 5.00. The van der Waals surface area contributed by atoms with E-state index < -0.39 is 85.4 Å². The first-order valence-corrected chi connectivity index (χ1v) is 15.7. The Morgan fingerprint density at radius 3 is 2.32 bits per heavy atom. The molecule has 2 aromatic rings. The lowest BCUT2D eigenvalue weighted by Gasteiger charge is -2.33. The fourth-order valence-electron chi connectivity index (χ4n) is 5.18. The summed E-state index contributed by atoms with van der Waals surface area (Å²) in [7, 11) is 2.71. The summed E-state index contributed by atoms with van der Waals surface area (Å²) in [5, 5.41) is 66.8. The first-order chi connectivity index (χ1) is 23.5. The van der Waals surface area contributed by atoms with Crippen molar-refractivity contribution in [2.24, 2.45) is 5.73 Å². The van der Waals surface area contributed by atoms with Gasteiger partial charge < -0.3 is 62.8 Å². The maximum atomic E-state index is 13.8. The molecule has 1 heterocycles. The van der Waals surface area contributed by atoms with Crippen molar-refractivity contribution in [2.45, 2.75) is 56.4 Å². The number of aliphatic hydroxyl groups is 3. The van der Waals surface area contributed by atoms with E-state index in [1.165, 1.54) is 58.3 Å². The normalized spacial score (nSPS) is 21.0. The maximum Gasteiger partial charge on any atom is 0.257 e. The van der Waals surface area contributed by atoms with E-state index in [1.807, 2.05) is 0 Å². The molecular formula is C32H46N8O10. The quantitative estimate of drug-likeness (QED) is 0.100. The SMILES string of the molecule is CN[C@H](CO)C(=O)N[C@H](N)C(=O)NCC(=O)N(C)[C@@H]1C(=O)NCC(C)(O)N[C@H](C(=O)NC[C@H](C)O)Cc2ccc(O)c(c2)-c2cc1ccc2O. The molecule has 1 unspecified atom stereocenters. The zero-order valence-corrected chi connectivity index (χ0v) is 28.2. The number of rotatable bonds is 11. The Morgan fingerprint density at radius 2 is 1.70 bits per heavy atom. The minimum atomic E-state index is -1.88. The number of likely N-dealkylation sites (N-methyl/N-ethyl adjacent to an activating group) is 2. The molecule has 6 atom stereocenters. The maximum absolute atomic E-state index is 13.8. The highest BCUT2D eigenvalue weighted by Crippen LogP contribution is 2.38. The number of benzene rings is 2. The van der Waals surface area contributed by atoms with Gasteiger partial charge in [0.2, 0.25) is 23.6 Å². The fourth-order valence-corrected chi connectivity index (χ4v) is 5.18. The van der Waals surface area contributed by atoms with Crippen molar-refractivity contribution in [3.63, 3.8) is 0 Å². The number of phenolic OH excluding ortho intramolecular Hbond substituents is 2. The van der Waals surface area contributed by atoms with Crippen LogP contribution in [0.5, 0.6) is 11.5 Å². The van der Waals surface area contributed by atoms with Gasteiger partial charge in [-0.2, -0.15) is 0 Å². The molecule has 5 amide bonds. The van der Waals surface area contributed by atoms with Crippen LogP contribution in [0.3, 0.4) is 0 Å². The third-order valence-corrected chi connectivity index (χ3v) is 7.98. The highest BCUT2D eigenvalue weighted by Gasteiger charge is 2.34. The molecule has 2 aromatic carbocycles. The van der Waals surface area contributed by atoms with Gasteiger partial charge in [0.25, 0.3) is 5.91 Å². The summed E-state index contributed by atoms with van der Waals surface area (Å²) in [5.74, 6) is -4.32. The van der Waals surface area contributed by atoms with Gasteiger partial charge in [0.05, 0.1) is 31.8 Å². The van der Waals surface area contributed by atoms with E-state index in [-0.39, 0.29) is 41.2 Å². The molecule has 0 spiro atoms. The molecule has 1 aliphatic heterocycles. The van der Waals surface area contributed by atoms with Crippen LogP contribution >= 0.6 is 0 Å². The number of carbonyl (C=O) groups is 5. The zero-order valence-electron chi connectivity index (χ0n) is 28.2. The lowest BCUT2D eigenvalue weighted by molar-refractivity contribution is -0.140. The van der Waals surface area contributed by atoms with E-state index >= 15 is 0 Å². The van der Waals surface area contributed by atoms with Crippen LogP contribution in [-0.2, 0) is 30.4 Å². The van der Waals surface area contributed by atoms with Gasteiger partial charge in [-0.1, -0.05) is 12.1 Å². The standard InChI is InChI=1S/C32H46N8O10/c1-16(42)12-35-28(46)21-10-17-5-7-23(43)19(9-17)20-11-18(6-8-24(20)44)26(30(48)37-15-32(2,50)39-21)40(4)25(45)13-36-31(49)27(33)38-29(47)22(14-41)34-3/h5-9,11,16,21-22,26-27,34,39,41-44,50H,10,12-15,33H2,1-4H3,(H,35,46)(H,36,49)(H,37,48)(H,38,47)/t16-,21-,22+,26-,27-,32?/m0/s1. The second kappa shape index (κ2) is 17.2. The summed E-state index contributed by atoms with van der Waals surface area (Å²) >= 11 is 0. The topological polar surface area (TPSA) is 288 Å². The van der Waals surface area contributed by atoms with Gasteiger partial charge in [-0.25, -0.2) is 0 Å². The first kappa shape index (κ1) is 39.6. The molecule has 50 heavy (non-hydrogen) atoms. The highest BCUT2D eigenvalue weighted by molar-refractivity contribution is 5.93. The molecule has 0 aliphatic carbocycles. The Bertz CT molecular complexity index is 1570. The first-order valence-electron chi connectivity index (χ1n) is 15.7. The highest BCUT2D eigenvalue weighted by atomic mass is 16.3. The number of phenols is 2. The number of aliphatic hydroxyl groups excluding tert-OH is 2. The number of hydrogen-bond donors (Lipinski definition) is 12. The van der Waals surface area contributed by atoms with Gasteiger partial charge in [0.1, 0.15) is 29.3 Å². The molecule has 1 aliphatic rings. The largest absolute Gasteiger partial charge is 0.507 e. The molecule has 13 N–H and O–H groups in total. The number of nitrogens with zero attached hydrogens (tertiary/aromatic N) is 1. The van der Waals surface area contributed by atoms with Gasteiger partial charge in [-0.15, -0.1) is 0 Å². The van der Waals surface area contributed by atoms with Gasteiger partial charge in [-0.3, -0.25) is 29.3 Å². The van der Waals surface area contributed by atoms with E-state index in [0.717, 1.165) is 4.90 Å².